The molecule has 0 saturated heterocycles. The van der Waals surface area contributed by atoms with Gasteiger partial charge >= 0.3 is 0 Å². The van der Waals surface area contributed by atoms with Crippen molar-refractivity contribution in [2.24, 2.45) is 0 Å². The zero-order valence-corrected chi connectivity index (χ0v) is 13.2. The van der Waals surface area contributed by atoms with E-state index in [0.29, 0.717) is 0 Å². The molecule has 2 aromatic rings. The highest BCUT2D eigenvalue weighted by Crippen LogP contribution is 2.33. The maximum absolute atomic E-state index is 5.21. The van der Waals surface area contributed by atoms with E-state index >= 15 is 0 Å². The predicted octanol–water partition coefficient (Wildman–Crippen LogP) is 4.41. The van der Waals surface area contributed by atoms with Gasteiger partial charge in [0, 0.05) is 23.2 Å². The van der Waals surface area contributed by atoms with Crippen LogP contribution < -0.4 is 9.64 Å². The predicted molar refractivity (Wildman–Crippen MR) is 86.5 cm³/mol. The Hall–Kier alpha value is -1.48. The molecule has 0 fully saturated rings. The van der Waals surface area contributed by atoms with E-state index in [-0.39, 0.29) is 0 Å². The normalized spacial score (nSPS) is 14.0. The van der Waals surface area contributed by atoms with E-state index in [0.717, 1.165) is 25.3 Å². The van der Waals surface area contributed by atoms with E-state index in [2.05, 4.69) is 51.2 Å². The summed E-state index contributed by atoms with van der Waals surface area (Å²) in [6.45, 7) is 2.07. The maximum Gasteiger partial charge on any atom is 0.118 e. The second-order valence-corrected chi connectivity index (χ2v) is 5.97. The van der Waals surface area contributed by atoms with Gasteiger partial charge in [-0.25, -0.2) is 0 Å². The lowest BCUT2D eigenvalue weighted by Gasteiger charge is -2.32. The van der Waals surface area contributed by atoms with Crippen LogP contribution in [0.2, 0.25) is 0 Å². The summed E-state index contributed by atoms with van der Waals surface area (Å²) >= 11 is 3.67. The standard InChI is InChI=1S/C17H18BrNO/c1-20-14-9-7-13(8-10-14)12-19-11-3-4-15-16(18)5-2-6-17(15)19/h2,5-10H,3-4,11-12H2,1H3. The van der Waals surface area contributed by atoms with E-state index in [1.165, 1.54) is 27.7 Å². The highest BCUT2D eigenvalue weighted by molar-refractivity contribution is 9.10. The number of ether oxygens (including phenoxy) is 1. The molecular weight excluding hydrogens is 314 g/mol. The highest BCUT2D eigenvalue weighted by atomic mass is 79.9. The average molecular weight is 332 g/mol. The van der Waals surface area contributed by atoms with Crippen LogP contribution in [0.3, 0.4) is 0 Å². The lowest BCUT2D eigenvalue weighted by molar-refractivity contribution is 0.414. The van der Waals surface area contributed by atoms with Crippen molar-refractivity contribution in [1.29, 1.82) is 0 Å². The molecule has 0 aromatic heterocycles. The third kappa shape index (κ3) is 2.68. The molecule has 2 aromatic carbocycles. The van der Waals surface area contributed by atoms with Crippen molar-refractivity contribution in [2.45, 2.75) is 19.4 Å². The van der Waals surface area contributed by atoms with Crippen molar-refractivity contribution in [3.63, 3.8) is 0 Å². The molecule has 0 amide bonds. The summed E-state index contributed by atoms with van der Waals surface area (Å²) in [6, 6.07) is 14.8. The maximum atomic E-state index is 5.21. The number of fused-ring (bicyclic) bond motifs is 1. The number of anilines is 1. The van der Waals surface area contributed by atoms with E-state index in [1.807, 2.05) is 12.1 Å². The zero-order valence-electron chi connectivity index (χ0n) is 11.6. The van der Waals surface area contributed by atoms with Crippen molar-refractivity contribution in [2.75, 3.05) is 18.6 Å². The SMILES string of the molecule is COc1ccc(CN2CCCc3c(Br)cccc32)cc1. The van der Waals surface area contributed by atoms with Gasteiger partial charge in [-0.2, -0.15) is 0 Å². The van der Waals surface area contributed by atoms with Crippen molar-refractivity contribution in [3.8, 4) is 5.75 Å². The first-order valence-corrected chi connectivity index (χ1v) is 7.72. The Labute approximate surface area is 128 Å². The Kier molecular flexibility index (Phi) is 3.97. The fourth-order valence-corrected chi connectivity index (χ4v) is 3.33. The summed E-state index contributed by atoms with van der Waals surface area (Å²) in [5.74, 6) is 0.913. The molecule has 1 aliphatic heterocycles. The molecule has 0 saturated carbocycles. The van der Waals surface area contributed by atoms with Crippen LogP contribution >= 0.6 is 15.9 Å². The van der Waals surface area contributed by atoms with Gasteiger partial charge in [-0.15, -0.1) is 0 Å². The van der Waals surface area contributed by atoms with Gasteiger partial charge in [0.05, 0.1) is 7.11 Å². The third-order valence-electron chi connectivity index (χ3n) is 3.82. The summed E-state index contributed by atoms with van der Waals surface area (Å²) in [5, 5.41) is 0. The minimum Gasteiger partial charge on any atom is -0.497 e. The molecule has 0 atom stereocenters. The lowest BCUT2D eigenvalue weighted by Crippen LogP contribution is -2.28. The molecule has 0 N–H and O–H groups in total. The molecular formula is C17H18BrNO. The number of nitrogens with zero attached hydrogens (tertiary/aromatic N) is 1. The zero-order chi connectivity index (χ0) is 13.9. The first-order chi connectivity index (χ1) is 9.78. The minimum absolute atomic E-state index is 0.913. The number of hydrogen-bond acceptors (Lipinski definition) is 2. The summed E-state index contributed by atoms with van der Waals surface area (Å²) in [4.78, 5) is 2.46. The van der Waals surface area contributed by atoms with Gasteiger partial charge in [0.15, 0.2) is 0 Å². The largest absolute Gasteiger partial charge is 0.497 e. The average Bonchev–Trinajstić information content (AvgIpc) is 2.49. The number of benzene rings is 2. The Bertz CT molecular complexity index is 594. The van der Waals surface area contributed by atoms with Crippen molar-refractivity contribution in [3.05, 3.63) is 58.1 Å². The van der Waals surface area contributed by atoms with E-state index in [4.69, 9.17) is 4.74 Å². The van der Waals surface area contributed by atoms with Crippen LogP contribution in [-0.4, -0.2) is 13.7 Å². The van der Waals surface area contributed by atoms with Crippen molar-refractivity contribution in [1.82, 2.24) is 0 Å². The molecule has 0 bridgehead atoms. The molecule has 3 rings (SSSR count). The smallest absolute Gasteiger partial charge is 0.118 e. The minimum atomic E-state index is 0.913. The molecule has 0 spiro atoms. The summed E-state index contributed by atoms with van der Waals surface area (Å²) in [5.41, 5.74) is 4.12. The molecule has 2 nitrogen and oxygen atoms in total. The summed E-state index contributed by atoms with van der Waals surface area (Å²) in [7, 11) is 1.70. The molecule has 0 radical (unpaired) electrons. The molecule has 1 aliphatic rings. The van der Waals surface area contributed by atoms with Gasteiger partial charge in [0.25, 0.3) is 0 Å². The van der Waals surface area contributed by atoms with Crippen LogP contribution in [0.15, 0.2) is 46.9 Å². The Morgan fingerprint density at radius 2 is 1.95 bits per heavy atom. The molecule has 20 heavy (non-hydrogen) atoms. The van der Waals surface area contributed by atoms with Gasteiger partial charge in [-0.1, -0.05) is 34.1 Å². The molecule has 104 valence electrons. The van der Waals surface area contributed by atoms with Gasteiger partial charge in [0.2, 0.25) is 0 Å². The van der Waals surface area contributed by atoms with Crippen LogP contribution in [0, 0.1) is 0 Å². The Morgan fingerprint density at radius 1 is 1.15 bits per heavy atom. The van der Waals surface area contributed by atoms with Gasteiger partial charge < -0.3 is 9.64 Å². The monoisotopic (exact) mass is 331 g/mol. The van der Waals surface area contributed by atoms with E-state index in [9.17, 15) is 0 Å². The third-order valence-corrected chi connectivity index (χ3v) is 4.57. The first-order valence-electron chi connectivity index (χ1n) is 6.93. The fourth-order valence-electron chi connectivity index (χ4n) is 2.77. The summed E-state index contributed by atoms with van der Waals surface area (Å²) < 4.78 is 6.44. The Morgan fingerprint density at radius 3 is 2.70 bits per heavy atom. The second-order valence-electron chi connectivity index (χ2n) is 5.11. The van der Waals surface area contributed by atoms with E-state index < -0.39 is 0 Å². The van der Waals surface area contributed by atoms with Crippen molar-refractivity contribution < 1.29 is 4.74 Å². The fraction of sp³-hybridized carbons (Fsp3) is 0.294. The quantitative estimate of drug-likeness (QED) is 0.825. The molecule has 0 unspecified atom stereocenters. The van der Waals surface area contributed by atoms with Gasteiger partial charge in [-0.3, -0.25) is 0 Å². The number of methoxy groups -OCH3 is 1. The number of rotatable bonds is 3. The second kappa shape index (κ2) is 5.88. The van der Waals surface area contributed by atoms with Crippen LogP contribution in [0.4, 0.5) is 5.69 Å². The van der Waals surface area contributed by atoms with Gasteiger partial charge in [-0.05, 0) is 48.2 Å². The lowest BCUT2D eigenvalue weighted by atomic mass is 10.0. The van der Waals surface area contributed by atoms with Crippen molar-refractivity contribution >= 4 is 21.6 Å². The Balaban J connectivity index is 1.83. The highest BCUT2D eigenvalue weighted by Gasteiger charge is 2.18. The number of halogens is 1. The van der Waals surface area contributed by atoms with Crippen LogP contribution in [0.5, 0.6) is 5.75 Å². The van der Waals surface area contributed by atoms with Crippen LogP contribution in [-0.2, 0) is 13.0 Å². The van der Waals surface area contributed by atoms with Crippen LogP contribution in [0.1, 0.15) is 17.5 Å². The summed E-state index contributed by atoms with van der Waals surface area (Å²) in [6.07, 6.45) is 2.38. The van der Waals surface area contributed by atoms with E-state index in [1.54, 1.807) is 7.11 Å². The molecule has 3 heteroatoms. The van der Waals surface area contributed by atoms with Crippen LogP contribution in [0.25, 0.3) is 0 Å². The number of hydrogen-bond donors (Lipinski definition) is 0. The van der Waals surface area contributed by atoms with Gasteiger partial charge in [0.1, 0.15) is 5.75 Å². The molecule has 0 aliphatic carbocycles. The topological polar surface area (TPSA) is 12.5 Å². The first kappa shape index (κ1) is 13.5. The molecule has 1 heterocycles.